The van der Waals surface area contributed by atoms with Crippen LogP contribution < -0.4 is 0 Å². The van der Waals surface area contributed by atoms with Gasteiger partial charge in [-0.2, -0.15) is 0 Å². The van der Waals surface area contributed by atoms with Gasteiger partial charge in [-0.15, -0.1) is 0 Å². The van der Waals surface area contributed by atoms with Gasteiger partial charge in [0.25, 0.3) is 0 Å². The summed E-state index contributed by atoms with van der Waals surface area (Å²) < 4.78 is 6.91. The number of unbranched alkanes of at least 4 members (excludes halogenated alkanes) is 1. The molecule has 1 rings (SSSR count). The van der Waals surface area contributed by atoms with E-state index in [-0.39, 0.29) is 17.6 Å². The van der Waals surface area contributed by atoms with E-state index in [0.29, 0.717) is 0 Å². The van der Waals surface area contributed by atoms with Gasteiger partial charge in [0.1, 0.15) is 12.4 Å². The lowest BCUT2D eigenvalue weighted by Crippen LogP contribution is -2.33. The van der Waals surface area contributed by atoms with Crippen molar-refractivity contribution in [3.05, 3.63) is 18.7 Å². The highest BCUT2D eigenvalue weighted by atomic mass is 16.6. The van der Waals surface area contributed by atoms with Crippen LogP contribution in [-0.2, 0) is 4.74 Å². The largest absolute Gasteiger partial charge is 0.445 e. The normalized spacial score (nSPS) is 13.4. The Balaban J connectivity index is 2.63. The highest BCUT2D eigenvalue weighted by Crippen LogP contribution is 2.26. The zero-order valence-corrected chi connectivity index (χ0v) is 11.1. The van der Waals surface area contributed by atoms with E-state index in [1.807, 2.05) is 0 Å². The minimum absolute atomic E-state index is 0.0363. The van der Waals surface area contributed by atoms with E-state index in [1.165, 1.54) is 10.9 Å². The minimum atomic E-state index is -0.349. The first-order valence-corrected chi connectivity index (χ1v) is 6.14. The summed E-state index contributed by atoms with van der Waals surface area (Å²) in [5, 5.41) is 0. The molecule has 0 saturated heterocycles. The van der Waals surface area contributed by atoms with Gasteiger partial charge in [-0.3, -0.25) is 0 Å². The van der Waals surface area contributed by atoms with Crippen LogP contribution in [0.3, 0.4) is 0 Å². The van der Waals surface area contributed by atoms with Crippen LogP contribution in [0.15, 0.2) is 18.7 Å². The molecule has 0 aliphatic rings. The molecule has 1 aromatic heterocycles. The van der Waals surface area contributed by atoms with Crippen LogP contribution in [-0.4, -0.2) is 21.7 Å². The number of carbonyl (C=O) groups is 1. The molecule has 0 aliphatic carbocycles. The summed E-state index contributed by atoms with van der Waals surface area (Å²) in [4.78, 5) is 15.7. The van der Waals surface area contributed by atoms with E-state index in [0.717, 1.165) is 19.3 Å². The highest BCUT2D eigenvalue weighted by Gasteiger charge is 2.28. The van der Waals surface area contributed by atoms with E-state index >= 15 is 0 Å². The lowest BCUT2D eigenvalue weighted by Gasteiger charge is -2.30. The molecule has 0 saturated carbocycles. The van der Waals surface area contributed by atoms with Crippen LogP contribution in [0.1, 0.15) is 47.0 Å². The van der Waals surface area contributed by atoms with Gasteiger partial charge in [0.15, 0.2) is 0 Å². The van der Waals surface area contributed by atoms with Crippen LogP contribution in [0.25, 0.3) is 0 Å². The second kappa shape index (κ2) is 5.84. The second-order valence-corrected chi connectivity index (χ2v) is 5.35. The Bertz CT molecular complexity index is 339. The number of carbonyl (C=O) groups excluding carboxylic acids is 1. The fourth-order valence-electron chi connectivity index (χ4n) is 1.61. The summed E-state index contributed by atoms with van der Waals surface area (Å²) in [6, 6.07) is 0. The van der Waals surface area contributed by atoms with Gasteiger partial charge in [0.05, 0.1) is 0 Å². The van der Waals surface area contributed by atoms with Gasteiger partial charge in [-0.1, -0.05) is 40.5 Å². The quantitative estimate of drug-likeness (QED) is 0.806. The number of hydrogen-bond acceptors (Lipinski definition) is 3. The van der Waals surface area contributed by atoms with E-state index in [9.17, 15) is 4.79 Å². The van der Waals surface area contributed by atoms with Crippen LogP contribution in [0.5, 0.6) is 0 Å². The zero-order valence-electron chi connectivity index (χ0n) is 11.1. The molecule has 0 amide bonds. The van der Waals surface area contributed by atoms with Crippen LogP contribution >= 0.6 is 0 Å². The maximum absolute atomic E-state index is 11.8. The third kappa shape index (κ3) is 4.21. The lowest BCUT2D eigenvalue weighted by molar-refractivity contribution is 0.0254. The molecule has 0 spiro atoms. The maximum Gasteiger partial charge on any atom is 0.419 e. The third-order valence-electron chi connectivity index (χ3n) is 2.74. The number of aromatic nitrogens is 2. The Hall–Kier alpha value is -1.32. The van der Waals surface area contributed by atoms with E-state index in [1.54, 1.807) is 12.4 Å². The van der Waals surface area contributed by atoms with Gasteiger partial charge in [-0.05, 0) is 11.8 Å². The fraction of sp³-hybridized carbons (Fsp3) is 0.692. The molecule has 0 aliphatic heterocycles. The molecule has 4 heteroatoms. The first kappa shape index (κ1) is 13.7. The number of hydrogen-bond donors (Lipinski definition) is 0. The molecule has 0 aromatic carbocycles. The van der Waals surface area contributed by atoms with Crippen LogP contribution in [0, 0.1) is 5.41 Å². The first-order chi connectivity index (χ1) is 7.95. The van der Waals surface area contributed by atoms with Gasteiger partial charge in [0, 0.05) is 12.4 Å². The summed E-state index contributed by atoms with van der Waals surface area (Å²) in [5.41, 5.74) is -0.0363. The molecule has 1 unspecified atom stereocenters. The molecule has 17 heavy (non-hydrogen) atoms. The second-order valence-electron chi connectivity index (χ2n) is 5.35. The Kier molecular flexibility index (Phi) is 4.73. The fourth-order valence-corrected chi connectivity index (χ4v) is 1.61. The molecule has 0 radical (unpaired) electrons. The molecule has 1 atom stereocenters. The maximum atomic E-state index is 11.8. The number of nitrogens with zero attached hydrogens (tertiary/aromatic N) is 2. The lowest BCUT2D eigenvalue weighted by atomic mass is 9.86. The van der Waals surface area contributed by atoms with Crippen molar-refractivity contribution in [3.8, 4) is 0 Å². The van der Waals surface area contributed by atoms with E-state index in [4.69, 9.17) is 4.74 Å². The Morgan fingerprint density at radius 2 is 2.18 bits per heavy atom. The summed E-state index contributed by atoms with van der Waals surface area (Å²) in [5.74, 6) is 0. The number of rotatable bonds is 4. The molecular formula is C13H22N2O2. The average molecular weight is 238 g/mol. The standard InChI is InChI=1S/C13H22N2O2/c1-5-6-7-11(13(2,3)4)17-12(16)15-9-8-14-10-15/h8-11H,5-7H2,1-4H3. The van der Waals surface area contributed by atoms with Gasteiger partial charge in [-0.25, -0.2) is 14.3 Å². The minimum Gasteiger partial charge on any atom is -0.445 e. The van der Waals surface area contributed by atoms with Crippen molar-refractivity contribution in [2.45, 2.75) is 53.1 Å². The molecule has 0 fully saturated rings. The Labute approximate surface area is 103 Å². The third-order valence-corrected chi connectivity index (χ3v) is 2.74. The molecule has 1 heterocycles. The monoisotopic (exact) mass is 238 g/mol. The van der Waals surface area contributed by atoms with Crippen LogP contribution in [0.2, 0.25) is 0 Å². The van der Waals surface area contributed by atoms with E-state index in [2.05, 4.69) is 32.7 Å². The number of imidazole rings is 1. The van der Waals surface area contributed by atoms with Crippen molar-refractivity contribution in [1.82, 2.24) is 9.55 Å². The molecular weight excluding hydrogens is 216 g/mol. The van der Waals surface area contributed by atoms with Crippen molar-refractivity contribution in [2.75, 3.05) is 0 Å². The summed E-state index contributed by atoms with van der Waals surface area (Å²) in [6.07, 6.45) is 7.30. The Morgan fingerprint density at radius 3 is 2.65 bits per heavy atom. The number of ether oxygens (including phenoxy) is 1. The first-order valence-electron chi connectivity index (χ1n) is 6.14. The zero-order chi connectivity index (χ0) is 12.9. The van der Waals surface area contributed by atoms with E-state index < -0.39 is 0 Å². The SMILES string of the molecule is CCCCC(OC(=O)n1ccnc1)C(C)(C)C. The van der Waals surface area contributed by atoms with Crippen LogP contribution in [0.4, 0.5) is 4.79 Å². The van der Waals surface area contributed by atoms with Crippen molar-refractivity contribution in [2.24, 2.45) is 5.41 Å². The summed E-state index contributed by atoms with van der Waals surface area (Å²) in [6.45, 7) is 8.41. The topological polar surface area (TPSA) is 44.1 Å². The van der Waals surface area contributed by atoms with Gasteiger partial charge >= 0.3 is 6.09 Å². The predicted octanol–water partition coefficient (Wildman–Crippen LogP) is 3.47. The average Bonchev–Trinajstić information content (AvgIpc) is 2.75. The van der Waals surface area contributed by atoms with Gasteiger partial charge in [0.2, 0.25) is 0 Å². The van der Waals surface area contributed by atoms with Gasteiger partial charge < -0.3 is 4.74 Å². The summed E-state index contributed by atoms with van der Waals surface area (Å²) >= 11 is 0. The van der Waals surface area contributed by atoms with Crippen molar-refractivity contribution in [3.63, 3.8) is 0 Å². The molecule has 96 valence electrons. The summed E-state index contributed by atoms with van der Waals surface area (Å²) in [7, 11) is 0. The molecule has 4 nitrogen and oxygen atoms in total. The molecule has 1 aromatic rings. The molecule has 0 bridgehead atoms. The smallest absolute Gasteiger partial charge is 0.419 e. The van der Waals surface area contributed by atoms with Crippen molar-refractivity contribution < 1.29 is 9.53 Å². The predicted molar refractivity (Wildman–Crippen MR) is 66.9 cm³/mol. The molecule has 0 N–H and O–H groups in total. The highest BCUT2D eigenvalue weighted by molar-refractivity contribution is 5.70. The Morgan fingerprint density at radius 1 is 1.47 bits per heavy atom. The van der Waals surface area contributed by atoms with Crippen molar-refractivity contribution in [1.29, 1.82) is 0 Å². The van der Waals surface area contributed by atoms with Crippen molar-refractivity contribution >= 4 is 6.09 Å².